The molecule has 0 heterocycles. The third-order valence-corrected chi connectivity index (χ3v) is 6.85. The molecule has 1 amide bonds. The molecule has 0 unspecified atom stereocenters. The molecule has 2 aromatic carbocycles. The number of para-hydroxylation sites is 1. The number of phenols is 1. The van der Waals surface area contributed by atoms with Crippen LogP contribution >= 0.6 is 0 Å². The fraction of sp³-hybridized carbons (Fsp3) is 0.333. The number of carbonyl (C=O) groups excluding carboxylic acids is 1. The van der Waals surface area contributed by atoms with Crippen molar-refractivity contribution in [1.82, 2.24) is 16.0 Å². The summed E-state index contributed by atoms with van der Waals surface area (Å²) >= 11 is 0. The molecule has 0 saturated heterocycles. The van der Waals surface area contributed by atoms with Gasteiger partial charge in [-0.2, -0.15) is 0 Å². The van der Waals surface area contributed by atoms with Crippen LogP contribution in [0, 0.1) is 11.3 Å². The quantitative estimate of drug-likeness (QED) is 0.176. The normalized spacial score (nSPS) is 14.5. The van der Waals surface area contributed by atoms with Gasteiger partial charge < -0.3 is 26.5 Å². The molecule has 1 aliphatic rings. The molecular formula is C30H39BN4O2. The molecule has 37 heavy (non-hydrogen) atoms. The van der Waals surface area contributed by atoms with Crippen LogP contribution in [-0.4, -0.2) is 25.1 Å². The third kappa shape index (κ3) is 8.14. The van der Waals surface area contributed by atoms with Crippen LogP contribution in [0.5, 0.6) is 5.75 Å². The van der Waals surface area contributed by atoms with Gasteiger partial charge in [0, 0.05) is 36.5 Å². The summed E-state index contributed by atoms with van der Waals surface area (Å²) in [7, 11) is 1.89. The fourth-order valence-electron chi connectivity index (χ4n) is 4.37. The molecule has 5 N–H and O–H groups in total. The highest BCUT2D eigenvalue weighted by Gasteiger charge is 2.22. The minimum Gasteiger partial charge on any atom is -0.507 e. The van der Waals surface area contributed by atoms with Gasteiger partial charge in [0.1, 0.15) is 19.4 Å². The molecule has 0 spiro atoms. The molecule has 1 saturated carbocycles. The van der Waals surface area contributed by atoms with E-state index in [0.29, 0.717) is 13.1 Å². The van der Waals surface area contributed by atoms with Gasteiger partial charge in [-0.05, 0) is 62.5 Å². The van der Waals surface area contributed by atoms with E-state index < -0.39 is 0 Å². The highest BCUT2D eigenvalue weighted by molar-refractivity contribution is 6.32. The molecule has 0 atom stereocenters. The van der Waals surface area contributed by atoms with E-state index >= 15 is 0 Å². The van der Waals surface area contributed by atoms with Crippen molar-refractivity contribution in [2.24, 2.45) is 5.92 Å². The predicted molar refractivity (Wildman–Crippen MR) is 155 cm³/mol. The number of nitrogens with one attached hydrogen (secondary N) is 4. The van der Waals surface area contributed by atoms with E-state index in [2.05, 4.69) is 40.2 Å². The molecule has 194 valence electrons. The zero-order valence-electron chi connectivity index (χ0n) is 22.4. The van der Waals surface area contributed by atoms with Crippen LogP contribution in [0.25, 0.3) is 5.57 Å². The number of rotatable bonds is 11. The van der Waals surface area contributed by atoms with E-state index in [-0.39, 0.29) is 17.6 Å². The van der Waals surface area contributed by atoms with Gasteiger partial charge in [-0.25, -0.2) is 0 Å². The van der Waals surface area contributed by atoms with Crippen LogP contribution in [0.4, 0.5) is 0 Å². The number of amides is 1. The molecule has 0 radical (unpaired) electrons. The second kappa shape index (κ2) is 13.5. The molecule has 6 nitrogen and oxygen atoms in total. The summed E-state index contributed by atoms with van der Waals surface area (Å²) in [4.78, 5) is 12.3. The van der Waals surface area contributed by atoms with Crippen LogP contribution in [0.1, 0.15) is 63.1 Å². The summed E-state index contributed by atoms with van der Waals surface area (Å²) < 4.78 is 0. The Labute approximate surface area is 221 Å². The zero-order chi connectivity index (χ0) is 26.8. The number of hydrogen-bond donors (Lipinski definition) is 5. The molecular weight excluding hydrogens is 459 g/mol. The monoisotopic (exact) mass is 498 g/mol. The van der Waals surface area contributed by atoms with Crippen molar-refractivity contribution in [1.29, 1.82) is 5.41 Å². The van der Waals surface area contributed by atoms with Gasteiger partial charge in [0.25, 0.3) is 0 Å². The van der Waals surface area contributed by atoms with Crippen LogP contribution in [-0.2, 0) is 17.9 Å². The van der Waals surface area contributed by atoms with Gasteiger partial charge >= 0.3 is 0 Å². The number of phenolic OH excluding ortho intramolecular Hbond substituents is 1. The summed E-state index contributed by atoms with van der Waals surface area (Å²) in [5.41, 5.74) is 6.63. The molecule has 1 fully saturated rings. The minimum atomic E-state index is 0.173. The Hall–Kier alpha value is -3.74. The van der Waals surface area contributed by atoms with Gasteiger partial charge in [0.2, 0.25) is 5.91 Å². The SMILES string of the molecule is B/C(C=N)=C(\C)N/C(=C\C(=C(C)C)c1ccccc1O)NCc1ccc(CNC(=O)C2CCCC2)cc1. The van der Waals surface area contributed by atoms with Crippen LogP contribution in [0.15, 0.2) is 77.2 Å². The summed E-state index contributed by atoms with van der Waals surface area (Å²) in [6, 6.07) is 15.6. The van der Waals surface area contributed by atoms with Crippen LogP contribution in [0.3, 0.4) is 0 Å². The lowest BCUT2D eigenvalue weighted by Crippen LogP contribution is -2.28. The zero-order valence-corrected chi connectivity index (χ0v) is 22.4. The van der Waals surface area contributed by atoms with Crippen molar-refractivity contribution >= 4 is 25.5 Å². The Morgan fingerprint density at radius 1 is 1.00 bits per heavy atom. The lowest BCUT2D eigenvalue weighted by molar-refractivity contribution is -0.124. The lowest BCUT2D eigenvalue weighted by Gasteiger charge is -2.18. The summed E-state index contributed by atoms with van der Waals surface area (Å²) in [5, 5.41) is 28.0. The molecule has 2 aromatic rings. The van der Waals surface area contributed by atoms with E-state index in [1.165, 1.54) is 6.21 Å². The van der Waals surface area contributed by atoms with E-state index in [0.717, 1.165) is 70.5 Å². The maximum absolute atomic E-state index is 12.3. The maximum Gasteiger partial charge on any atom is 0.223 e. The van der Waals surface area contributed by atoms with E-state index in [4.69, 9.17) is 5.41 Å². The Morgan fingerprint density at radius 2 is 1.59 bits per heavy atom. The van der Waals surface area contributed by atoms with Gasteiger partial charge in [-0.15, -0.1) is 0 Å². The van der Waals surface area contributed by atoms with Gasteiger partial charge in [-0.3, -0.25) is 4.79 Å². The first-order valence-electron chi connectivity index (χ1n) is 13.0. The highest BCUT2D eigenvalue weighted by Crippen LogP contribution is 2.29. The second-order valence-corrected chi connectivity index (χ2v) is 9.94. The fourth-order valence-corrected chi connectivity index (χ4v) is 4.37. The summed E-state index contributed by atoms with van der Waals surface area (Å²) in [5.74, 6) is 1.35. The molecule has 1 aliphatic carbocycles. The van der Waals surface area contributed by atoms with Gasteiger partial charge in [0.15, 0.2) is 0 Å². The average Bonchev–Trinajstić information content (AvgIpc) is 3.44. The predicted octanol–water partition coefficient (Wildman–Crippen LogP) is 4.73. The number of allylic oxidation sites excluding steroid dienone is 5. The largest absolute Gasteiger partial charge is 0.507 e. The van der Waals surface area contributed by atoms with E-state index in [9.17, 15) is 9.90 Å². The maximum atomic E-state index is 12.3. The smallest absolute Gasteiger partial charge is 0.223 e. The topological polar surface area (TPSA) is 97.2 Å². The van der Waals surface area contributed by atoms with Crippen molar-refractivity contribution in [3.63, 3.8) is 0 Å². The van der Waals surface area contributed by atoms with Crippen LogP contribution in [0.2, 0.25) is 0 Å². The number of carbonyl (C=O) groups is 1. The first-order valence-corrected chi connectivity index (χ1v) is 13.0. The minimum absolute atomic E-state index is 0.173. The summed E-state index contributed by atoms with van der Waals surface area (Å²) in [6.45, 7) is 7.11. The number of aromatic hydroxyl groups is 1. The first kappa shape index (κ1) is 27.8. The van der Waals surface area contributed by atoms with E-state index in [1.54, 1.807) is 6.07 Å². The Balaban J connectivity index is 1.73. The van der Waals surface area contributed by atoms with Crippen molar-refractivity contribution < 1.29 is 9.90 Å². The Bertz CT molecular complexity index is 1190. The summed E-state index contributed by atoms with van der Waals surface area (Å²) in [6.07, 6.45) is 7.65. The Kier molecular flexibility index (Phi) is 10.2. The van der Waals surface area contributed by atoms with Crippen molar-refractivity contribution in [2.75, 3.05) is 0 Å². The third-order valence-electron chi connectivity index (χ3n) is 6.85. The highest BCUT2D eigenvalue weighted by atomic mass is 16.3. The Morgan fingerprint density at radius 3 is 2.16 bits per heavy atom. The van der Waals surface area contributed by atoms with Gasteiger partial charge in [-0.1, -0.05) is 66.4 Å². The van der Waals surface area contributed by atoms with Crippen molar-refractivity contribution in [2.45, 2.75) is 59.5 Å². The second-order valence-electron chi connectivity index (χ2n) is 9.94. The van der Waals surface area contributed by atoms with Crippen LogP contribution < -0.4 is 16.0 Å². The number of benzene rings is 2. The van der Waals surface area contributed by atoms with Crippen molar-refractivity contribution in [3.05, 3.63) is 93.9 Å². The molecule has 7 heteroatoms. The molecule has 3 rings (SSSR count). The van der Waals surface area contributed by atoms with Crippen molar-refractivity contribution in [3.8, 4) is 5.75 Å². The van der Waals surface area contributed by atoms with Gasteiger partial charge in [0.05, 0.1) is 0 Å². The first-order chi connectivity index (χ1) is 17.8. The van der Waals surface area contributed by atoms with E-state index in [1.807, 2.05) is 52.9 Å². The lowest BCUT2D eigenvalue weighted by atomic mass is 9.95. The standard InChI is InChI=1S/C30H39BN4O2/c1-20(2)26(25-10-6-7-11-28(25)36)16-29(35-21(3)27(31)17-32)33-18-22-12-14-23(15-13-22)19-34-30(37)24-8-4-5-9-24/h6-7,10-17,24,32-33,35-36H,4-5,8-9,18-19,31H2,1-3H3,(H,34,37)/b27-21+,29-16-,32-17?. The average molecular weight is 498 g/mol. The number of hydrogen-bond acceptors (Lipinski definition) is 5. The molecule has 0 aliphatic heterocycles. The molecule has 0 aromatic heterocycles. The molecule has 0 bridgehead atoms.